The van der Waals surface area contributed by atoms with Crippen LogP contribution in [0.1, 0.15) is 0 Å². The molecule has 32 heteroatoms. The van der Waals surface area contributed by atoms with E-state index in [1.54, 1.807) is 0 Å². The summed E-state index contributed by atoms with van der Waals surface area (Å²) in [5.74, 6) is -17.7. The minimum atomic E-state index is -2.27. The van der Waals surface area contributed by atoms with Crippen LogP contribution < -0.4 is 0 Å². The molecular weight excluding hydrogens is 906 g/mol. The standard InChI is InChI=1S/5C4H6O6.2Nb/c5*5-1(3(7)8)2(6)4(9)10;;/h5*1-2,5-6H,(H,7,8)(H,9,10);;. The van der Waals surface area contributed by atoms with Crippen molar-refractivity contribution in [1.82, 2.24) is 0 Å². The van der Waals surface area contributed by atoms with Crippen molar-refractivity contribution in [3.63, 3.8) is 0 Å². The second kappa shape index (κ2) is 31.5. The average Bonchev–Trinajstić information content (AvgIpc) is 3.01. The van der Waals surface area contributed by atoms with E-state index < -0.39 is 121 Å². The van der Waals surface area contributed by atoms with Gasteiger partial charge in [0.25, 0.3) is 0 Å². The van der Waals surface area contributed by atoms with Crippen molar-refractivity contribution in [1.29, 1.82) is 0 Å². The quantitative estimate of drug-likeness (QED) is 0.0678. The van der Waals surface area contributed by atoms with Crippen molar-refractivity contribution in [2.45, 2.75) is 61.0 Å². The van der Waals surface area contributed by atoms with Crippen molar-refractivity contribution in [3.05, 3.63) is 0 Å². The maximum atomic E-state index is 9.77. The minimum Gasteiger partial charge on any atom is -0.479 e. The Bertz CT molecular complexity index is 890. The molecule has 20 N–H and O–H groups in total. The molecule has 10 unspecified atom stereocenters. The van der Waals surface area contributed by atoms with E-state index in [0.29, 0.717) is 0 Å². The molecule has 0 aliphatic heterocycles. The first kappa shape index (κ1) is 62.9. The van der Waals surface area contributed by atoms with Crippen molar-refractivity contribution < 1.29 is 195 Å². The summed E-state index contributed by atoms with van der Waals surface area (Å²) in [6.07, 6.45) is -22.7. The fourth-order valence-corrected chi connectivity index (χ4v) is 1.35. The van der Waals surface area contributed by atoms with Gasteiger partial charge in [0.2, 0.25) is 0 Å². The van der Waals surface area contributed by atoms with E-state index in [2.05, 4.69) is 0 Å². The molecule has 52 heavy (non-hydrogen) atoms. The molecular formula is C20H30Nb2O30. The summed E-state index contributed by atoms with van der Waals surface area (Å²) in [5, 5.41) is 163. The molecule has 0 heterocycles. The van der Waals surface area contributed by atoms with Gasteiger partial charge in [0.05, 0.1) is 0 Å². The number of hydrogen-bond acceptors (Lipinski definition) is 20. The molecule has 30 nitrogen and oxygen atoms in total. The zero-order chi connectivity index (χ0) is 41.5. The van der Waals surface area contributed by atoms with Crippen LogP contribution in [0.15, 0.2) is 0 Å². The maximum absolute atomic E-state index is 9.77. The predicted octanol–water partition coefficient (Wildman–Crippen LogP) is -10.6. The van der Waals surface area contributed by atoms with Crippen LogP contribution >= 0.6 is 0 Å². The summed E-state index contributed by atoms with van der Waals surface area (Å²) in [5.41, 5.74) is 0. The number of carboxylic acid groups (broad SMARTS) is 10. The third-order valence-corrected chi connectivity index (χ3v) is 4.03. The summed E-state index contributed by atoms with van der Waals surface area (Å²) in [4.78, 5) is 97.7. The Labute approximate surface area is 314 Å². The Kier molecular flexibility index (Phi) is 38.1. The van der Waals surface area contributed by atoms with Gasteiger partial charge in [0.15, 0.2) is 61.0 Å². The van der Waals surface area contributed by atoms with Gasteiger partial charge in [-0.15, -0.1) is 0 Å². The van der Waals surface area contributed by atoms with Crippen LogP contribution in [-0.4, -0.2) is 223 Å². The molecule has 0 aliphatic rings. The number of carboxylic acids is 10. The van der Waals surface area contributed by atoms with Gasteiger partial charge < -0.3 is 102 Å². The number of aliphatic hydroxyl groups excluding tert-OH is 10. The van der Waals surface area contributed by atoms with Crippen LogP contribution in [0.25, 0.3) is 0 Å². The summed E-state index contributed by atoms with van der Waals surface area (Å²) in [6.45, 7) is 0. The van der Waals surface area contributed by atoms with Crippen molar-refractivity contribution in [2.75, 3.05) is 0 Å². The topological polar surface area (TPSA) is 575 Å². The van der Waals surface area contributed by atoms with E-state index in [0.717, 1.165) is 0 Å². The SMILES string of the molecule is O=C(O)C(O)C(O)C(=O)O.O=C(O)C(O)C(O)C(=O)O.O=C(O)C(O)C(O)C(=O)O.O=C(O)C(O)C(O)C(=O)O.O=C(O)C(O)C(O)C(=O)O.[Nb].[Nb]. The van der Waals surface area contributed by atoms with Crippen LogP contribution in [0.5, 0.6) is 0 Å². The number of rotatable bonds is 15. The van der Waals surface area contributed by atoms with Gasteiger partial charge in [-0.05, 0) is 0 Å². The molecule has 0 fully saturated rings. The summed E-state index contributed by atoms with van der Waals surface area (Å²) in [6, 6.07) is 0. The molecule has 0 aromatic heterocycles. The fraction of sp³-hybridized carbons (Fsp3) is 0.500. The molecule has 0 rings (SSSR count). The fourth-order valence-electron chi connectivity index (χ4n) is 1.35. The number of hydrogen-bond donors (Lipinski definition) is 20. The first-order valence-electron chi connectivity index (χ1n) is 11.4. The first-order chi connectivity index (χ1) is 22.3. The second-order valence-electron chi connectivity index (χ2n) is 7.83. The Hall–Kier alpha value is -4.22. The van der Waals surface area contributed by atoms with E-state index in [-0.39, 0.29) is 44.8 Å². The summed E-state index contributed by atoms with van der Waals surface area (Å²) >= 11 is 0. The Balaban J connectivity index is -0.0000000964. The van der Waals surface area contributed by atoms with Gasteiger partial charge in [-0.2, -0.15) is 0 Å². The zero-order valence-corrected chi connectivity index (χ0v) is 29.1. The van der Waals surface area contributed by atoms with E-state index in [1.165, 1.54) is 0 Å². The predicted molar refractivity (Wildman–Crippen MR) is 136 cm³/mol. The smallest absolute Gasteiger partial charge is 0.335 e. The van der Waals surface area contributed by atoms with E-state index in [9.17, 15) is 47.9 Å². The second-order valence-corrected chi connectivity index (χ2v) is 7.83. The third-order valence-electron chi connectivity index (χ3n) is 4.03. The third kappa shape index (κ3) is 29.5. The monoisotopic (exact) mass is 936 g/mol. The van der Waals surface area contributed by atoms with Crippen LogP contribution in [0.4, 0.5) is 0 Å². The Morgan fingerprint density at radius 3 is 0.250 bits per heavy atom. The normalized spacial score (nSPS) is 15.2. The average molecular weight is 936 g/mol. The molecule has 0 saturated heterocycles. The summed E-state index contributed by atoms with van der Waals surface area (Å²) < 4.78 is 0. The molecule has 300 valence electrons. The summed E-state index contributed by atoms with van der Waals surface area (Å²) in [7, 11) is 0. The van der Waals surface area contributed by atoms with Gasteiger partial charge in [-0.3, -0.25) is 0 Å². The molecule has 0 aromatic carbocycles. The van der Waals surface area contributed by atoms with Crippen LogP contribution in [0.3, 0.4) is 0 Å². The van der Waals surface area contributed by atoms with Crippen molar-refractivity contribution in [3.8, 4) is 0 Å². The molecule has 0 bridgehead atoms. The van der Waals surface area contributed by atoms with Crippen molar-refractivity contribution >= 4 is 59.7 Å². The van der Waals surface area contributed by atoms with E-state index in [1.807, 2.05) is 0 Å². The molecule has 2 radical (unpaired) electrons. The minimum absolute atomic E-state index is 0. The van der Waals surface area contributed by atoms with Gasteiger partial charge >= 0.3 is 59.7 Å². The zero-order valence-electron chi connectivity index (χ0n) is 24.7. The van der Waals surface area contributed by atoms with E-state index >= 15 is 0 Å². The number of carbonyl (C=O) groups is 10. The number of aliphatic carboxylic acids is 10. The van der Waals surface area contributed by atoms with Gasteiger partial charge in [0.1, 0.15) is 0 Å². The molecule has 0 aliphatic carbocycles. The maximum Gasteiger partial charge on any atom is 0.335 e. The van der Waals surface area contributed by atoms with Gasteiger partial charge in [0, 0.05) is 44.8 Å². The number of aliphatic hydroxyl groups is 10. The van der Waals surface area contributed by atoms with E-state index in [4.69, 9.17) is 102 Å². The molecule has 0 amide bonds. The van der Waals surface area contributed by atoms with Gasteiger partial charge in [-0.25, -0.2) is 47.9 Å². The Morgan fingerprint density at radius 1 is 0.192 bits per heavy atom. The van der Waals surface area contributed by atoms with Gasteiger partial charge in [-0.1, -0.05) is 0 Å². The van der Waals surface area contributed by atoms with Crippen LogP contribution in [-0.2, 0) is 92.7 Å². The first-order valence-corrected chi connectivity index (χ1v) is 11.4. The molecule has 0 aromatic rings. The molecule has 0 saturated carbocycles. The largest absolute Gasteiger partial charge is 0.479 e. The van der Waals surface area contributed by atoms with Crippen LogP contribution in [0, 0.1) is 0 Å². The molecule has 0 spiro atoms. The Morgan fingerprint density at radius 2 is 0.231 bits per heavy atom. The van der Waals surface area contributed by atoms with Crippen molar-refractivity contribution in [2.24, 2.45) is 0 Å². The van der Waals surface area contributed by atoms with Crippen LogP contribution in [0.2, 0.25) is 0 Å². The molecule has 10 atom stereocenters.